The van der Waals surface area contributed by atoms with Crippen LogP contribution in [-0.2, 0) is 24.0 Å². The molecule has 2 unspecified atom stereocenters. The predicted molar refractivity (Wildman–Crippen MR) is 237 cm³/mol. The predicted octanol–water partition coefficient (Wildman–Crippen LogP) is 3.09. The van der Waals surface area contributed by atoms with E-state index in [1.54, 1.807) is 52.3 Å². The molecule has 0 radical (unpaired) electrons. The molecule has 1 aliphatic carbocycles. The number of nitrogens with zero attached hydrogens (tertiary/aromatic N) is 7. The molecule has 4 amide bonds. The number of carbonyl (C=O) groups is 5. The number of carbonyl (C=O) groups excluding carboxylic acids is 5. The van der Waals surface area contributed by atoms with Crippen LogP contribution in [-0.4, -0.2) is 118 Å². The van der Waals surface area contributed by atoms with Gasteiger partial charge in [0.2, 0.25) is 23.6 Å². The smallest absolute Gasteiger partial charge is 0.334 e. The monoisotopic (exact) mass is 873 g/mol. The molecule has 336 valence electrons. The van der Waals surface area contributed by atoms with Crippen LogP contribution in [0.5, 0.6) is 11.5 Å². The first-order chi connectivity index (χ1) is 31.0. The highest BCUT2D eigenvalue weighted by molar-refractivity contribution is 6.02. The van der Waals surface area contributed by atoms with Crippen molar-refractivity contribution >= 4 is 46.8 Å². The highest BCUT2D eigenvalue weighted by Gasteiger charge is 2.38. The van der Waals surface area contributed by atoms with Gasteiger partial charge in [-0.2, -0.15) is 5.10 Å². The Morgan fingerprint density at radius 2 is 1.78 bits per heavy atom. The van der Waals surface area contributed by atoms with Gasteiger partial charge < -0.3 is 35.6 Å². The molecule has 4 fully saturated rings. The molecule has 0 bridgehead atoms. The molecule has 4 aromatic rings. The first-order valence-electron chi connectivity index (χ1n) is 22.5. The molecule has 2 aromatic carbocycles. The maximum absolute atomic E-state index is 13.8. The van der Waals surface area contributed by atoms with E-state index in [1.165, 1.54) is 0 Å². The number of nitrogen functional groups attached to an aromatic ring is 1. The summed E-state index contributed by atoms with van der Waals surface area (Å²) in [6.45, 7) is 7.05. The number of benzene rings is 2. The molecule has 4 aliphatic heterocycles. The topological polar surface area (TPSA) is 219 Å². The Morgan fingerprint density at radius 3 is 2.55 bits per heavy atom. The van der Waals surface area contributed by atoms with Gasteiger partial charge in [-0.25, -0.2) is 9.48 Å². The molecule has 0 spiro atoms. The van der Waals surface area contributed by atoms with Crippen molar-refractivity contribution in [1.29, 1.82) is 0 Å². The van der Waals surface area contributed by atoms with Crippen molar-refractivity contribution in [3.63, 3.8) is 0 Å². The number of esters is 1. The van der Waals surface area contributed by atoms with E-state index in [0.29, 0.717) is 80.6 Å². The van der Waals surface area contributed by atoms with Gasteiger partial charge >= 0.3 is 5.97 Å². The minimum Gasteiger partial charge on any atom is -0.489 e. The summed E-state index contributed by atoms with van der Waals surface area (Å²) in [7, 11) is 0. The average Bonchev–Trinajstić information content (AvgIpc) is 4.03. The molecule has 5 N–H and O–H groups in total. The summed E-state index contributed by atoms with van der Waals surface area (Å²) in [5, 5.41) is 21.6. The van der Waals surface area contributed by atoms with Gasteiger partial charge in [0.25, 0.3) is 0 Å². The number of hydrogen-bond acceptors (Lipinski definition) is 14. The normalized spacial score (nSPS) is 23.3. The summed E-state index contributed by atoms with van der Waals surface area (Å²) < 4.78 is 13.7. The third-order valence-corrected chi connectivity index (χ3v) is 13.3. The minimum atomic E-state index is -0.859. The molecule has 3 saturated heterocycles. The molecule has 6 heterocycles. The van der Waals surface area contributed by atoms with Crippen molar-refractivity contribution < 1.29 is 33.4 Å². The fourth-order valence-corrected chi connectivity index (χ4v) is 9.83. The minimum absolute atomic E-state index is 0.0142. The molecule has 5 aliphatic rings. The van der Waals surface area contributed by atoms with E-state index in [-0.39, 0.29) is 53.2 Å². The number of piperidine rings is 1. The Labute approximate surface area is 371 Å². The zero-order valence-electron chi connectivity index (χ0n) is 36.2. The van der Waals surface area contributed by atoms with Crippen molar-refractivity contribution in [2.75, 3.05) is 54.9 Å². The second kappa shape index (κ2) is 18.4. The van der Waals surface area contributed by atoms with Crippen LogP contribution in [0.15, 0.2) is 60.9 Å². The number of fused-ring (bicyclic) bond motifs is 1. The zero-order chi connectivity index (χ0) is 44.5. The van der Waals surface area contributed by atoms with Gasteiger partial charge in [0, 0.05) is 31.1 Å². The van der Waals surface area contributed by atoms with Crippen molar-refractivity contribution in [1.82, 2.24) is 40.8 Å². The van der Waals surface area contributed by atoms with Crippen LogP contribution in [0.3, 0.4) is 0 Å². The lowest BCUT2D eigenvalue weighted by Crippen LogP contribution is -2.54. The van der Waals surface area contributed by atoms with Crippen LogP contribution in [0.4, 0.5) is 17.2 Å². The lowest BCUT2D eigenvalue weighted by molar-refractivity contribution is -0.141. The molecular formula is C46H55N11O7. The van der Waals surface area contributed by atoms with Gasteiger partial charge in [0.15, 0.2) is 5.82 Å². The average molecular weight is 874 g/mol. The number of piperazine rings is 1. The summed E-state index contributed by atoms with van der Waals surface area (Å²) in [5.41, 5.74) is 10.4. The second-order valence-corrected chi connectivity index (χ2v) is 17.7. The van der Waals surface area contributed by atoms with Crippen LogP contribution < -0.4 is 41.0 Å². The number of ether oxygens (including phenoxy) is 2. The van der Waals surface area contributed by atoms with Gasteiger partial charge in [-0.15, -0.1) is 10.2 Å². The van der Waals surface area contributed by atoms with E-state index in [1.807, 2.05) is 26.0 Å². The largest absolute Gasteiger partial charge is 0.489 e. The van der Waals surface area contributed by atoms with Gasteiger partial charge in [0.05, 0.1) is 48.6 Å². The standard InChI is InChI=1S/C46H55N11O7/c1-27(2)41(51-44(60)33-9-6-18-48-33)46(62)64-38-11-4-3-7-32(38)34-23-37(43(47)53-52-34)57-25-30(24-49-57)55-20-19-54(26-40(55)59)29-14-12-28(13-15-29)31-8-5-10-35-42(31)63-22-21-56(35)36-16-17-39(58)50-45(36)61/h3-5,7-8,10-11,23-25,27-29,33,36,41,48H,6,9,12-22,26H2,1-2H3,(H2,47,53)(H,51,60)(H,50,58,61)/t28?,29?,33?,36?,41-/m0/s1. The summed E-state index contributed by atoms with van der Waals surface area (Å²) in [6, 6.07) is 13.5. The Hall–Kier alpha value is -6.40. The van der Waals surface area contributed by atoms with Gasteiger partial charge in [-0.1, -0.05) is 38.1 Å². The molecule has 18 nitrogen and oxygen atoms in total. The van der Waals surface area contributed by atoms with Crippen molar-refractivity contribution in [2.24, 2.45) is 5.92 Å². The number of rotatable bonds is 11. The van der Waals surface area contributed by atoms with Crippen molar-refractivity contribution in [3.05, 3.63) is 66.5 Å². The quantitative estimate of drug-likeness (QED) is 0.0968. The lowest BCUT2D eigenvalue weighted by Gasteiger charge is -2.42. The Morgan fingerprint density at radius 1 is 0.953 bits per heavy atom. The Balaban J connectivity index is 0.827. The van der Waals surface area contributed by atoms with E-state index in [4.69, 9.17) is 15.2 Å². The summed E-state index contributed by atoms with van der Waals surface area (Å²) in [6.07, 6.45) is 9.63. The molecule has 1 saturated carbocycles. The maximum Gasteiger partial charge on any atom is 0.334 e. The van der Waals surface area contributed by atoms with Crippen LogP contribution in [0.2, 0.25) is 0 Å². The number of amides is 4. The summed E-state index contributed by atoms with van der Waals surface area (Å²) in [4.78, 5) is 70.9. The molecule has 64 heavy (non-hydrogen) atoms. The number of nitrogens with one attached hydrogen (secondary N) is 3. The fourth-order valence-electron chi connectivity index (χ4n) is 9.83. The second-order valence-electron chi connectivity index (χ2n) is 17.7. The van der Waals surface area contributed by atoms with E-state index in [2.05, 4.69) is 47.1 Å². The molecule has 18 heteroatoms. The summed E-state index contributed by atoms with van der Waals surface area (Å²) >= 11 is 0. The summed E-state index contributed by atoms with van der Waals surface area (Å²) in [5.74, 6) is -0.00934. The lowest BCUT2D eigenvalue weighted by atomic mass is 9.80. The van der Waals surface area contributed by atoms with Crippen LogP contribution in [0, 0.1) is 5.92 Å². The van der Waals surface area contributed by atoms with E-state index >= 15 is 0 Å². The number of anilines is 3. The molecule has 9 rings (SSSR count). The van der Waals surface area contributed by atoms with Crippen molar-refractivity contribution in [3.8, 4) is 28.4 Å². The van der Waals surface area contributed by atoms with Crippen LogP contribution >= 0.6 is 0 Å². The molecule has 3 atom stereocenters. The highest BCUT2D eigenvalue weighted by atomic mass is 16.5. The van der Waals surface area contributed by atoms with Gasteiger partial charge in [-0.3, -0.25) is 29.4 Å². The third-order valence-electron chi connectivity index (χ3n) is 13.3. The van der Waals surface area contributed by atoms with Crippen LogP contribution in [0.25, 0.3) is 16.9 Å². The number of aromatic nitrogens is 4. The zero-order valence-corrected chi connectivity index (χ0v) is 36.2. The Kier molecular flexibility index (Phi) is 12.3. The van der Waals surface area contributed by atoms with Gasteiger partial charge in [0.1, 0.15) is 35.9 Å². The number of nitrogens with two attached hydrogens (primary N) is 1. The number of hydrogen-bond donors (Lipinski definition) is 4. The highest BCUT2D eigenvalue weighted by Crippen LogP contribution is 2.45. The molecular weight excluding hydrogens is 819 g/mol. The van der Waals surface area contributed by atoms with Crippen molar-refractivity contribution in [2.45, 2.75) is 95.3 Å². The van der Waals surface area contributed by atoms with E-state index in [0.717, 1.165) is 55.6 Å². The van der Waals surface area contributed by atoms with E-state index < -0.39 is 18.1 Å². The number of para-hydroxylation sites is 2. The van der Waals surface area contributed by atoms with Gasteiger partial charge in [-0.05, 0) is 93.2 Å². The Bertz CT molecular complexity index is 2430. The first kappa shape index (κ1) is 42.9. The van der Waals surface area contributed by atoms with E-state index in [9.17, 15) is 24.0 Å². The molecule has 2 aromatic heterocycles. The number of imide groups is 1. The maximum atomic E-state index is 13.8. The SMILES string of the molecule is CC(C)[C@H](NC(=O)C1CCCN1)C(=O)Oc1ccccc1-c1cc(-n2cc(N3CCN(C4CCC(c5cccc6c5OCCN6C5CCC(=O)NC5=O)CC4)CC3=O)cn2)c(N)nn1. The third kappa shape index (κ3) is 8.75. The first-order valence-corrected chi connectivity index (χ1v) is 22.5. The fraction of sp³-hybridized carbons (Fsp3) is 0.478. The van der Waals surface area contributed by atoms with Crippen LogP contribution in [0.1, 0.15) is 76.7 Å².